The Balaban J connectivity index is 1.59. The van der Waals surface area contributed by atoms with E-state index >= 15 is 0 Å². The van der Waals surface area contributed by atoms with Crippen molar-refractivity contribution in [3.05, 3.63) is 107 Å². The lowest BCUT2D eigenvalue weighted by Crippen LogP contribution is -2.30. The summed E-state index contributed by atoms with van der Waals surface area (Å²) in [5.41, 5.74) is 6.60. The van der Waals surface area contributed by atoms with Gasteiger partial charge in [0.1, 0.15) is 0 Å². The lowest BCUT2D eigenvalue weighted by molar-refractivity contribution is 0.0984. The van der Waals surface area contributed by atoms with Crippen molar-refractivity contribution >= 4 is 32.6 Å². The van der Waals surface area contributed by atoms with Gasteiger partial charge in [0.2, 0.25) is 0 Å². The van der Waals surface area contributed by atoms with E-state index in [0.29, 0.717) is 17.2 Å². The van der Waals surface area contributed by atoms with Crippen molar-refractivity contribution in [3.8, 4) is 5.69 Å². The van der Waals surface area contributed by atoms with Crippen molar-refractivity contribution in [1.82, 2.24) is 14.8 Å². The molecule has 0 atom stereocenters. The molecule has 0 unspecified atom stereocenters. The number of para-hydroxylation sites is 1. The Morgan fingerprint density at radius 3 is 2.39 bits per heavy atom. The SMILES string of the molecule is Cc1cc(C)c2nc(N(Cc3ccccc3)C(=O)c3cnn(-c4ccccc4)c3C)sc2c1. The number of hydrogen-bond acceptors (Lipinski definition) is 4. The molecule has 5 rings (SSSR count). The van der Waals surface area contributed by atoms with E-state index in [1.807, 2.05) is 67.6 Å². The molecular weight excluding hydrogens is 428 g/mol. The van der Waals surface area contributed by atoms with E-state index in [-0.39, 0.29) is 5.91 Å². The number of carbonyl (C=O) groups excluding carboxylic acids is 1. The number of anilines is 1. The van der Waals surface area contributed by atoms with Gasteiger partial charge in [-0.05, 0) is 55.7 Å². The van der Waals surface area contributed by atoms with Crippen LogP contribution in [0.2, 0.25) is 0 Å². The minimum absolute atomic E-state index is 0.105. The fraction of sp³-hybridized carbons (Fsp3) is 0.148. The third-order valence-corrected chi connectivity index (χ3v) is 6.74. The molecule has 0 bridgehead atoms. The fourth-order valence-electron chi connectivity index (χ4n) is 4.06. The van der Waals surface area contributed by atoms with Gasteiger partial charge in [0.15, 0.2) is 5.13 Å². The molecule has 5 nitrogen and oxygen atoms in total. The van der Waals surface area contributed by atoms with Crippen LogP contribution in [0.1, 0.15) is 32.7 Å². The van der Waals surface area contributed by atoms with Crippen LogP contribution in [-0.4, -0.2) is 20.7 Å². The van der Waals surface area contributed by atoms with Gasteiger partial charge < -0.3 is 0 Å². The highest BCUT2D eigenvalue weighted by Gasteiger charge is 2.25. The van der Waals surface area contributed by atoms with Crippen LogP contribution in [0.25, 0.3) is 15.9 Å². The molecule has 6 heteroatoms. The van der Waals surface area contributed by atoms with Gasteiger partial charge >= 0.3 is 0 Å². The summed E-state index contributed by atoms with van der Waals surface area (Å²) >= 11 is 1.55. The van der Waals surface area contributed by atoms with Gasteiger partial charge in [0.05, 0.1) is 39.9 Å². The second-order valence-corrected chi connectivity index (χ2v) is 9.20. The van der Waals surface area contributed by atoms with Crippen LogP contribution in [0.5, 0.6) is 0 Å². The first kappa shape index (κ1) is 21.1. The zero-order valence-corrected chi connectivity index (χ0v) is 19.6. The van der Waals surface area contributed by atoms with E-state index in [1.54, 1.807) is 27.1 Å². The van der Waals surface area contributed by atoms with E-state index in [0.717, 1.165) is 32.7 Å². The Morgan fingerprint density at radius 2 is 1.67 bits per heavy atom. The predicted octanol–water partition coefficient (Wildman–Crippen LogP) is 6.25. The molecule has 0 saturated carbocycles. The van der Waals surface area contributed by atoms with E-state index in [9.17, 15) is 4.79 Å². The second-order valence-electron chi connectivity index (χ2n) is 8.19. The normalized spacial score (nSPS) is 11.1. The van der Waals surface area contributed by atoms with Gasteiger partial charge in [-0.15, -0.1) is 0 Å². The summed E-state index contributed by atoms with van der Waals surface area (Å²) < 4.78 is 2.89. The van der Waals surface area contributed by atoms with Crippen LogP contribution in [0.4, 0.5) is 5.13 Å². The number of carbonyl (C=O) groups is 1. The fourth-order valence-corrected chi connectivity index (χ4v) is 5.20. The first-order chi connectivity index (χ1) is 16.0. The molecule has 2 heterocycles. The minimum Gasteiger partial charge on any atom is -0.279 e. The van der Waals surface area contributed by atoms with E-state index in [2.05, 4.69) is 31.1 Å². The Hall–Kier alpha value is -3.77. The van der Waals surface area contributed by atoms with Crippen LogP contribution in [0.3, 0.4) is 0 Å². The number of fused-ring (bicyclic) bond motifs is 1. The summed E-state index contributed by atoms with van der Waals surface area (Å²) in [4.78, 5) is 20.5. The van der Waals surface area contributed by atoms with Gasteiger partial charge in [0.25, 0.3) is 5.91 Å². The summed E-state index contributed by atoms with van der Waals surface area (Å²) in [6.45, 7) is 6.52. The third kappa shape index (κ3) is 4.05. The number of aryl methyl sites for hydroxylation is 2. The lowest BCUT2D eigenvalue weighted by Gasteiger charge is -2.20. The van der Waals surface area contributed by atoms with Gasteiger partial charge in [-0.3, -0.25) is 9.69 Å². The van der Waals surface area contributed by atoms with Crippen LogP contribution in [0.15, 0.2) is 79.0 Å². The molecular formula is C27H24N4OS. The van der Waals surface area contributed by atoms with Gasteiger partial charge in [-0.2, -0.15) is 5.10 Å². The maximum absolute atomic E-state index is 13.9. The van der Waals surface area contributed by atoms with Crippen molar-refractivity contribution < 1.29 is 4.79 Å². The van der Waals surface area contributed by atoms with Gasteiger partial charge in [0, 0.05) is 0 Å². The standard InChI is InChI=1S/C27H24N4OS/c1-18-14-19(2)25-24(15-18)33-27(29-25)30(17-21-10-6-4-7-11-21)26(32)23-16-28-31(20(23)3)22-12-8-5-9-13-22/h4-16H,17H2,1-3H3. The summed E-state index contributed by atoms with van der Waals surface area (Å²) in [5, 5.41) is 5.20. The maximum atomic E-state index is 13.9. The molecule has 2 aromatic heterocycles. The van der Waals surface area contributed by atoms with Gasteiger partial charge in [-0.25, -0.2) is 9.67 Å². The molecule has 0 aliphatic rings. The first-order valence-corrected chi connectivity index (χ1v) is 11.7. The highest BCUT2D eigenvalue weighted by Crippen LogP contribution is 2.33. The molecule has 3 aromatic carbocycles. The monoisotopic (exact) mass is 452 g/mol. The number of rotatable bonds is 5. The van der Waals surface area contributed by atoms with E-state index in [1.165, 1.54) is 5.56 Å². The van der Waals surface area contributed by atoms with E-state index in [4.69, 9.17) is 4.98 Å². The molecule has 0 spiro atoms. The molecule has 0 aliphatic heterocycles. The minimum atomic E-state index is -0.105. The number of hydrogen-bond donors (Lipinski definition) is 0. The Morgan fingerprint density at radius 1 is 0.970 bits per heavy atom. The highest BCUT2D eigenvalue weighted by atomic mass is 32.1. The van der Waals surface area contributed by atoms with Crippen molar-refractivity contribution in [2.75, 3.05) is 4.90 Å². The molecule has 164 valence electrons. The number of amides is 1. The molecule has 5 aromatic rings. The quantitative estimate of drug-likeness (QED) is 0.316. The average molecular weight is 453 g/mol. The molecule has 0 N–H and O–H groups in total. The number of benzene rings is 3. The third-order valence-electron chi connectivity index (χ3n) is 5.72. The second kappa shape index (κ2) is 8.64. The Kier molecular flexibility index (Phi) is 5.52. The van der Waals surface area contributed by atoms with Crippen LogP contribution >= 0.6 is 11.3 Å². The lowest BCUT2D eigenvalue weighted by atomic mass is 10.1. The topological polar surface area (TPSA) is 51.0 Å². The first-order valence-electron chi connectivity index (χ1n) is 10.8. The molecule has 33 heavy (non-hydrogen) atoms. The zero-order valence-electron chi connectivity index (χ0n) is 18.8. The van der Waals surface area contributed by atoms with Gasteiger partial charge in [-0.1, -0.05) is 65.9 Å². The summed E-state index contributed by atoms with van der Waals surface area (Å²) in [6.07, 6.45) is 1.66. The predicted molar refractivity (Wildman–Crippen MR) is 134 cm³/mol. The molecule has 0 saturated heterocycles. The maximum Gasteiger partial charge on any atom is 0.263 e. The summed E-state index contributed by atoms with van der Waals surface area (Å²) in [5.74, 6) is -0.105. The van der Waals surface area contributed by atoms with Crippen LogP contribution in [0, 0.1) is 20.8 Å². The summed E-state index contributed by atoms with van der Waals surface area (Å²) in [6, 6.07) is 24.1. The number of aromatic nitrogens is 3. The highest BCUT2D eigenvalue weighted by molar-refractivity contribution is 7.22. The smallest absolute Gasteiger partial charge is 0.263 e. The van der Waals surface area contributed by atoms with Crippen molar-refractivity contribution in [2.45, 2.75) is 27.3 Å². The summed E-state index contributed by atoms with van der Waals surface area (Å²) in [7, 11) is 0. The molecule has 0 fully saturated rings. The molecule has 0 aliphatic carbocycles. The Bertz CT molecular complexity index is 1440. The largest absolute Gasteiger partial charge is 0.279 e. The zero-order chi connectivity index (χ0) is 22.9. The van der Waals surface area contributed by atoms with E-state index < -0.39 is 0 Å². The van der Waals surface area contributed by atoms with Crippen LogP contribution in [-0.2, 0) is 6.54 Å². The Labute approximate surface area is 196 Å². The number of thiazole rings is 1. The van der Waals surface area contributed by atoms with Crippen molar-refractivity contribution in [3.63, 3.8) is 0 Å². The van der Waals surface area contributed by atoms with Crippen molar-refractivity contribution in [2.24, 2.45) is 0 Å². The molecule has 1 amide bonds. The number of nitrogens with zero attached hydrogens (tertiary/aromatic N) is 4. The molecule has 0 radical (unpaired) electrons. The van der Waals surface area contributed by atoms with Crippen molar-refractivity contribution in [1.29, 1.82) is 0 Å². The average Bonchev–Trinajstić information content (AvgIpc) is 3.42. The van der Waals surface area contributed by atoms with Crippen LogP contribution < -0.4 is 4.90 Å².